The molecule has 42 heavy (non-hydrogen) atoms. The van der Waals surface area contributed by atoms with Gasteiger partial charge in [0.05, 0.1) is 19.1 Å². The first-order valence-corrected chi connectivity index (χ1v) is 15.7. The highest BCUT2D eigenvalue weighted by Gasteiger charge is 2.33. The molecule has 224 valence electrons. The number of amides is 2. The van der Waals surface area contributed by atoms with E-state index in [-0.39, 0.29) is 31.4 Å². The highest BCUT2D eigenvalue weighted by molar-refractivity contribution is 7.92. The van der Waals surface area contributed by atoms with Crippen LogP contribution in [0, 0.1) is 0 Å². The molecule has 2 amide bonds. The van der Waals surface area contributed by atoms with Crippen LogP contribution in [0.25, 0.3) is 0 Å². The Hall–Kier alpha value is -4.25. The molecule has 4 rings (SSSR count). The van der Waals surface area contributed by atoms with E-state index in [0.717, 1.165) is 34.5 Å². The number of rotatable bonds is 14. The van der Waals surface area contributed by atoms with Crippen LogP contribution in [0.15, 0.2) is 72.8 Å². The number of unbranched alkanes of at least 4 members (excludes halogenated alkanes) is 1. The van der Waals surface area contributed by atoms with Gasteiger partial charge in [-0.05, 0) is 41.8 Å². The van der Waals surface area contributed by atoms with Crippen molar-refractivity contribution in [1.82, 2.24) is 10.2 Å². The molecule has 1 aliphatic rings. The van der Waals surface area contributed by atoms with Gasteiger partial charge in [-0.25, -0.2) is 8.42 Å². The number of carbonyl (C=O) groups is 2. The lowest BCUT2D eigenvalue weighted by molar-refractivity contribution is -0.140. The van der Waals surface area contributed by atoms with Gasteiger partial charge >= 0.3 is 0 Å². The third-order valence-corrected chi connectivity index (χ3v) is 8.05. The second kappa shape index (κ2) is 14.1. The number of fused-ring (bicyclic) bond motifs is 1. The molecule has 1 heterocycles. The Morgan fingerprint density at radius 1 is 0.976 bits per heavy atom. The third-order valence-electron chi connectivity index (χ3n) is 6.91. The topological polar surface area (TPSA) is 114 Å². The number of methoxy groups -OCH3 is 1. The highest BCUT2D eigenvalue weighted by Crippen LogP contribution is 2.36. The zero-order valence-electron chi connectivity index (χ0n) is 24.1. The molecular weight excluding hydrogens is 558 g/mol. The fourth-order valence-corrected chi connectivity index (χ4v) is 5.52. The van der Waals surface area contributed by atoms with Crippen molar-refractivity contribution in [2.45, 2.75) is 38.8 Å². The Balaban J connectivity index is 1.72. The summed E-state index contributed by atoms with van der Waals surface area (Å²) < 4.78 is 43.2. The molecule has 0 radical (unpaired) electrons. The van der Waals surface area contributed by atoms with Crippen molar-refractivity contribution in [3.05, 3.63) is 83.9 Å². The normalized spacial score (nSPS) is 12.8. The van der Waals surface area contributed by atoms with E-state index in [4.69, 9.17) is 14.2 Å². The summed E-state index contributed by atoms with van der Waals surface area (Å²) in [5, 5.41) is 2.97. The molecule has 10 nitrogen and oxygen atoms in total. The molecule has 1 unspecified atom stereocenters. The van der Waals surface area contributed by atoms with Gasteiger partial charge in [-0.3, -0.25) is 13.9 Å². The number of nitrogens with zero attached hydrogens (tertiary/aromatic N) is 2. The van der Waals surface area contributed by atoms with Gasteiger partial charge in [-0.2, -0.15) is 0 Å². The van der Waals surface area contributed by atoms with E-state index < -0.39 is 28.5 Å². The minimum atomic E-state index is -3.90. The lowest BCUT2D eigenvalue weighted by Crippen LogP contribution is -2.53. The molecule has 3 aromatic rings. The van der Waals surface area contributed by atoms with Crippen molar-refractivity contribution in [3.63, 3.8) is 0 Å². The van der Waals surface area contributed by atoms with Crippen LogP contribution in [0.4, 0.5) is 5.69 Å². The number of hydrogen-bond donors (Lipinski definition) is 1. The first kappa shape index (κ1) is 30.7. The fraction of sp³-hybridized carbons (Fsp3) is 0.355. The van der Waals surface area contributed by atoms with Crippen LogP contribution in [-0.4, -0.2) is 64.4 Å². The Labute approximate surface area is 247 Å². The van der Waals surface area contributed by atoms with Crippen molar-refractivity contribution in [1.29, 1.82) is 0 Å². The van der Waals surface area contributed by atoms with E-state index in [1.165, 1.54) is 11.0 Å². The van der Waals surface area contributed by atoms with Crippen molar-refractivity contribution in [2.75, 3.05) is 37.6 Å². The van der Waals surface area contributed by atoms with E-state index >= 15 is 0 Å². The van der Waals surface area contributed by atoms with E-state index in [9.17, 15) is 18.0 Å². The number of nitrogens with one attached hydrogen (secondary N) is 1. The van der Waals surface area contributed by atoms with Crippen LogP contribution in [0.3, 0.4) is 0 Å². The van der Waals surface area contributed by atoms with Crippen molar-refractivity contribution >= 4 is 27.5 Å². The predicted octanol–water partition coefficient (Wildman–Crippen LogP) is 3.75. The summed E-state index contributed by atoms with van der Waals surface area (Å²) in [6, 6.07) is 20.5. The molecule has 11 heteroatoms. The van der Waals surface area contributed by atoms with E-state index in [2.05, 4.69) is 5.32 Å². The van der Waals surface area contributed by atoms with Gasteiger partial charge in [0.1, 0.15) is 18.3 Å². The number of anilines is 1. The first-order chi connectivity index (χ1) is 20.2. The summed E-state index contributed by atoms with van der Waals surface area (Å²) >= 11 is 0. The number of hydrogen-bond acceptors (Lipinski definition) is 7. The molecule has 0 spiro atoms. The molecule has 0 saturated carbocycles. The van der Waals surface area contributed by atoms with Crippen molar-refractivity contribution < 1.29 is 32.2 Å². The zero-order valence-corrected chi connectivity index (χ0v) is 24.9. The molecule has 0 saturated heterocycles. The molecule has 0 aromatic heterocycles. The Morgan fingerprint density at radius 2 is 1.71 bits per heavy atom. The number of benzene rings is 3. The lowest BCUT2D eigenvalue weighted by Gasteiger charge is -2.33. The maximum absolute atomic E-state index is 14.2. The summed E-state index contributed by atoms with van der Waals surface area (Å²) in [6.07, 6.45) is 2.97. The van der Waals surface area contributed by atoms with Gasteiger partial charge in [0, 0.05) is 25.6 Å². The molecule has 0 aliphatic carbocycles. The van der Waals surface area contributed by atoms with Gasteiger partial charge in [-0.15, -0.1) is 0 Å². The van der Waals surface area contributed by atoms with E-state index in [1.807, 2.05) is 43.3 Å². The van der Waals surface area contributed by atoms with Gasteiger partial charge in [0.2, 0.25) is 28.6 Å². The summed E-state index contributed by atoms with van der Waals surface area (Å²) in [5.74, 6) is 0.638. The Kier molecular flexibility index (Phi) is 10.3. The number of carbonyl (C=O) groups excluding carboxylic acids is 2. The Bertz CT molecular complexity index is 1480. The summed E-state index contributed by atoms with van der Waals surface area (Å²) in [5.41, 5.74) is 1.85. The maximum atomic E-state index is 14.2. The average molecular weight is 596 g/mol. The SMILES string of the molecule is CCCCNC(=O)C(Cc1ccccc1)N(Cc1cccc(OC)c1)C(=O)CN(c1ccc2c(c1)OCO2)S(C)(=O)=O. The van der Waals surface area contributed by atoms with E-state index in [0.29, 0.717) is 23.8 Å². The van der Waals surface area contributed by atoms with Crippen LogP contribution >= 0.6 is 0 Å². The third kappa shape index (κ3) is 7.94. The van der Waals surface area contributed by atoms with Crippen LogP contribution in [0.2, 0.25) is 0 Å². The van der Waals surface area contributed by atoms with Crippen LogP contribution in [0.5, 0.6) is 17.2 Å². The molecular formula is C31H37N3O7S. The summed E-state index contributed by atoms with van der Waals surface area (Å²) in [4.78, 5) is 29.3. The number of ether oxygens (including phenoxy) is 3. The van der Waals surface area contributed by atoms with Crippen molar-refractivity contribution in [3.8, 4) is 17.2 Å². The van der Waals surface area contributed by atoms with Gasteiger partial charge in [-0.1, -0.05) is 55.8 Å². The largest absolute Gasteiger partial charge is 0.497 e. The highest BCUT2D eigenvalue weighted by atomic mass is 32.2. The molecule has 0 bridgehead atoms. The maximum Gasteiger partial charge on any atom is 0.244 e. The average Bonchev–Trinajstić information content (AvgIpc) is 3.46. The van der Waals surface area contributed by atoms with Crippen LogP contribution in [-0.2, 0) is 32.6 Å². The second-order valence-corrected chi connectivity index (χ2v) is 11.9. The number of sulfonamides is 1. The quantitative estimate of drug-likeness (QED) is 0.283. The van der Waals surface area contributed by atoms with Gasteiger partial charge in [0.25, 0.3) is 0 Å². The Morgan fingerprint density at radius 3 is 2.43 bits per heavy atom. The van der Waals surface area contributed by atoms with Gasteiger partial charge in [0.15, 0.2) is 11.5 Å². The van der Waals surface area contributed by atoms with Crippen LogP contribution < -0.4 is 23.8 Å². The summed E-state index contributed by atoms with van der Waals surface area (Å²) in [7, 11) is -2.35. The lowest BCUT2D eigenvalue weighted by atomic mass is 10.0. The van der Waals surface area contributed by atoms with E-state index in [1.54, 1.807) is 37.4 Å². The monoisotopic (exact) mass is 595 g/mol. The predicted molar refractivity (Wildman–Crippen MR) is 160 cm³/mol. The van der Waals surface area contributed by atoms with Gasteiger partial charge < -0.3 is 24.4 Å². The molecule has 1 atom stereocenters. The van der Waals surface area contributed by atoms with Crippen LogP contribution in [0.1, 0.15) is 30.9 Å². The smallest absolute Gasteiger partial charge is 0.244 e. The second-order valence-electron chi connectivity index (χ2n) is 10.0. The fourth-order valence-electron chi connectivity index (χ4n) is 4.68. The molecule has 0 fully saturated rings. The minimum Gasteiger partial charge on any atom is -0.497 e. The molecule has 3 aromatic carbocycles. The first-order valence-electron chi connectivity index (χ1n) is 13.8. The van der Waals surface area contributed by atoms with Crippen molar-refractivity contribution in [2.24, 2.45) is 0 Å². The minimum absolute atomic E-state index is 0.0270. The zero-order chi connectivity index (χ0) is 30.1. The summed E-state index contributed by atoms with van der Waals surface area (Å²) in [6.45, 7) is 2.07. The molecule has 1 N–H and O–H groups in total. The standard InChI is InChI=1S/C31H37N3O7S/c1-4-5-16-32-31(36)27(18-23-10-7-6-8-11-23)33(20-24-12-9-13-26(17-24)39-2)30(35)21-34(42(3,37)38)25-14-15-28-29(19-25)41-22-40-28/h6-15,17,19,27H,4-5,16,18,20-22H2,1-3H3,(H,32,36). The molecule has 1 aliphatic heterocycles.